The number of nitrogens with one attached hydrogen (secondary N) is 2. The summed E-state index contributed by atoms with van der Waals surface area (Å²) in [6, 6.07) is 11.1. The van der Waals surface area contributed by atoms with Crippen LogP contribution in [0.1, 0.15) is 33.3 Å². The maximum absolute atomic E-state index is 4.30. The van der Waals surface area contributed by atoms with E-state index in [-0.39, 0.29) is 29.4 Å². The third-order valence-corrected chi connectivity index (χ3v) is 4.12. The van der Waals surface area contributed by atoms with E-state index >= 15 is 0 Å². The van der Waals surface area contributed by atoms with Gasteiger partial charge in [0.05, 0.1) is 0 Å². The first-order valence-electron chi connectivity index (χ1n) is 8.07. The Labute approximate surface area is 159 Å². The summed E-state index contributed by atoms with van der Waals surface area (Å²) < 4.78 is 0. The van der Waals surface area contributed by atoms with Gasteiger partial charge < -0.3 is 15.5 Å². The second-order valence-corrected chi connectivity index (χ2v) is 6.68. The van der Waals surface area contributed by atoms with Crippen molar-refractivity contribution in [3.8, 4) is 0 Å². The molecule has 132 valence electrons. The predicted molar refractivity (Wildman–Crippen MR) is 112 cm³/mol. The predicted octanol–water partition coefficient (Wildman–Crippen LogP) is 3.09. The smallest absolute Gasteiger partial charge is 0.191 e. The molecule has 2 N–H and O–H groups in total. The second-order valence-electron chi connectivity index (χ2n) is 6.68. The Kier molecular flexibility index (Phi) is 10.5. The molecule has 0 aromatic heterocycles. The zero-order chi connectivity index (χ0) is 16.6. The number of likely N-dealkylation sites (N-methyl/N-ethyl adjacent to an activating group) is 1. The minimum Gasteiger partial charge on any atom is -0.356 e. The topological polar surface area (TPSA) is 39.7 Å². The van der Waals surface area contributed by atoms with Crippen molar-refractivity contribution < 1.29 is 0 Å². The first-order chi connectivity index (χ1) is 10.4. The summed E-state index contributed by atoms with van der Waals surface area (Å²) in [7, 11) is 3.96. The number of rotatable bonds is 7. The van der Waals surface area contributed by atoms with Crippen LogP contribution in [0, 0.1) is 0 Å². The van der Waals surface area contributed by atoms with Crippen LogP contribution in [0.15, 0.2) is 35.3 Å². The second kappa shape index (κ2) is 10.9. The van der Waals surface area contributed by atoms with E-state index in [4.69, 9.17) is 0 Å². The van der Waals surface area contributed by atoms with Crippen LogP contribution in [0.2, 0.25) is 0 Å². The van der Waals surface area contributed by atoms with Crippen LogP contribution >= 0.6 is 24.0 Å². The SMILES string of the molecule is CN=C(NCCN(C)C(C)C)NCC(C)(C)c1ccccc1.I. The van der Waals surface area contributed by atoms with Crippen LogP contribution in [0.5, 0.6) is 0 Å². The molecule has 0 fully saturated rings. The first kappa shape index (κ1) is 22.2. The Balaban J connectivity index is 0.00000484. The van der Waals surface area contributed by atoms with Gasteiger partial charge in [0.1, 0.15) is 0 Å². The lowest BCUT2D eigenvalue weighted by Gasteiger charge is -2.27. The van der Waals surface area contributed by atoms with Crippen molar-refractivity contribution in [3.63, 3.8) is 0 Å². The van der Waals surface area contributed by atoms with Crippen LogP contribution in [0.25, 0.3) is 0 Å². The zero-order valence-corrected chi connectivity index (χ0v) is 17.7. The molecular weight excluding hydrogens is 399 g/mol. The minimum absolute atomic E-state index is 0. The van der Waals surface area contributed by atoms with Gasteiger partial charge in [-0.15, -0.1) is 24.0 Å². The van der Waals surface area contributed by atoms with Crippen LogP contribution < -0.4 is 10.6 Å². The molecule has 0 radical (unpaired) electrons. The van der Waals surface area contributed by atoms with Gasteiger partial charge in [-0.2, -0.15) is 0 Å². The summed E-state index contributed by atoms with van der Waals surface area (Å²) in [5.74, 6) is 0.862. The molecule has 1 rings (SSSR count). The van der Waals surface area contributed by atoms with Gasteiger partial charge in [-0.25, -0.2) is 0 Å². The van der Waals surface area contributed by atoms with E-state index in [1.54, 1.807) is 0 Å². The Hall–Kier alpha value is -0.820. The van der Waals surface area contributed by atoms with Crippen LogP contribution in [-0.4, -0.2) is 50.6 Å². The zero-order valence-electron chi connectivity index (χ0n) is 15.4. The van der Waals surface area contributed by atoms with E-state index in [1.807, 2.05) is 7.05 Å². The standard InChI is InChI=1S/C18H32N4.HI/c1-15(2)22(6)13-12-20-17(19-5)21-14-18(3,4)16-10-8-7-9-11-16;/h7-11,15H,12-14H2,1-6H3,(H2,19,20,21);1H. The molecule has 5 heteroatoms. The van der Waals surface area contributed by atoms with Gasteiger partial charge in [0, 0.05) is 38.1 Å². The number of benzene rings is 1. The minimum atomic E-state index is 0. The highest BCUT2D eigenvalue weighted by atomic mass is 127. The summed E-state index contributed by atoms with van der Waals surface area (Å²) in [6.07, 6.45) is 0. The number of halogens is 1. The van der Waals surface area contributed by atoms with Crippen molar-refractivity contribution in [2.24, 2.45) is 4.99 Å². The van der Waals surface area contributed by atoms with Crippen LogP contribution in [0.3, 0.4) is 0 Å². The largest absolute Gasteiger partial charge is 0.356 e. The Morgan fingerprint density at radius 2 is 1.78 bits per heavy atom. The molecule has 0 aliphatic heterocycles. The fraction of sp³-hybridized carbons (Fsp3) is 0.611. The number of nitrogens with zero attached hydrogens (tertiary/aromatic N) is 2. The molecule has 0 saturated carbocycles. The van der Waals surface area contributed by atoms with Crippen molar-refractivity contribution in [2.75, 3.05) is 33.7 Å². The summed E-state index contributed by atoms with van der Waals surface area (Å²) in [4.78, 5) is 6.62. The van der Waals surface area contributed by atoms with Crippen molar-refractivity contribution in [2.45, 2.75) is 39.2 Å². The molecule has 0 heterocycles. The number of aliphatic imine (C=N–C) groups is 1. The Bertz CT molecular complexity index is 457. The average molecular weight is 432 g/mol. The molecule has 0 saturated heterocycles. The van der Waals surface area contributed by atoms with Gasteiger partial charge >= 0.3 is 0 Å². The summed E-state index contributed by atoms with van der Waals surface area (Å²) in [5, 5.41) is 6.81. The number of guanidine groups is 1. The maximum atomic E-state index is 4.30. The van der Waals surface area contributed by atoms with E-state index in [0.717, 1.165) is 25.6 Å². The van der Waals surface area contributed by atoms with Crippen molar-refractivity contribution >= 4 is 29.9 Å². The van der Waals surface area contributed by atoms with E-state index in [2.05, 4.69) is 85.6 Å². The summed E-state index contributed by atoms with van der Waals surface area (Å²) in [5.41, 5.74) is 1.39. The molecule has 1 aromatic carbocycles. The molecule has 23 heavy (non-hydrogen) atoms. The van der Waals surface area contributed by atoms with Crippen molar-refractivity contribution in [1.82, 2.24) is 15.5 Å². The van der Waals surface area contributed by atoms with Gasteiger partial charge in [-0.1, -0.05) is 44.2 Å². The van der Waals surface area contributed by atoms with Crippen LogP contribution in [0.4, 0.5) is 0 Å². The maximum Gasteiger partial charge on any atom is 0.191 e. The molecule has 0 unspecified atom stereocenters. The third kappa shape index (κ3) is 8.01. The molecule has 0 aliphatic rings. The summed E-state index contributed by atoms with van der Waals surface area (Å²) in [6.45, 7) is 11.6. The lowest BCUT2D eigenvalue weighted by molar-refractivity contribution is 0.278. The van der Waals surface area contributed by atoms with Crippen molar-refractivity contribution in [3.05, 3.63) is 35.9 Å². The van der Waals surface area contributed by atoms with Gasteiger partial charge in [-0.05, 0) is 26.5 Å². The highest BCUT2D eigenvalue weighted by Crippen LogP contribution is 2.21. The molecule has 0 bridgehead atoms. The Morgan fingerprint density at radius 3 is 2.30 bits per heavy atom. The van der Waals surface area contributed by atoms with E-state index < -0.39 is 0 Å². The third-order valence-electron chi connectivity index (χ3n) is 4.12. The number of hydrogen-bond donors (Lipinski definition) is 2. The summed E-state index contributed by atoms with van der Waals surface area (Å²) >= 11 is 0. The van der Waals surface area contributed by atoms with Crippen LogP contribution in [-0.2, 0) is 5.41 Å². The molecule has 1 aromatic rings. The van der Waals surface area contributed by atoms with Gasteiger partial charge in [0.15, 0.2) is 5.96 Å². The van der Waals surface area contributed by atoms with Crippen molar-refractivity contribution in [1.29, 1.82) is 0 Å². The highest BCUT2D eigenvalue weighted by molar-refractivity contribution is 14.0. The Morgan fingerprint density at radius 1 is 1.17 bits per heavy atom. The average Bonchev–Trinajstić information content (AvgIpc) is 2.51. The first-order valence-corrected chi connectivity index (χ1v) is 8.07. The molecule has 0 aliphatic carbocycles. The lowest BCUT2D eigenvalue weighted by atomic mass is 9.85. The molecule has 0 atom stereocenters. The molecular formula is C18H33IN4. The molecule has 0 amide bonds. The van der Waals surface area contributed by atoms with Gasteiger partial charge in [-0.3, -0.25) is 4.99 Å². The monoisotopic (exact) mass is 432 g/mol. The quantitative estimate of drug-likeness (QED) is 0.395. The van der Waals surface area contributed by atoms with E-state index in [0.29, 0.717) is 6.04 Å². The number of hydrogen-bond acceptors (Lipinski definition) is 2. The van der Waals surface area contributed by atoms with Gasteiger partial charge in [0.2, 0.25) is 0 Å². The fourth-order valence-corrected chi connectivity index (χ4v) is 2.13. The van der Waals surface area contributed by atoms with E-state index in [9.17, 15) is 0 Å². The van der Waals surface area contributed by atoms with Gasteiger partial charge in [0.25, 0.3) is 0 Å². The fourth-order valence-electron chi connectivity index (χ4n) is 2.13. The van der Waals surface area contributed by atoms with E-state index in [1.165, 1.54) is 5.56 Å². The normalized spacial score (nSPS) is 12.3. The lowest BCUT2D eigenvalue weighted by Crippen LogP contribution is -2.45. The molecule has 4 nitrogen and oxygen atoms in total. The molecule has 0 spiro atoms. The highest BCUT2D eigenvalue weighted by Gasteiger charge is 2.20.